The maximum atomic E-state index is 12.4. The first kappa shape index (κ1) is 21.9. The van der Waals surface area contributed by atoms with Crippen molar-refractivity contribution in [2.75, 3.05) is 6.61 Å². The van der Waals surface area contributed by atoms with Crippen LogP contribution in [0.4, 0.5) is 0 Å². The third-order valence-electron chi connectivity index (χ3n) is 5.66. The Balaban J connectivity index is 1.73. The number of fused-ring (bicyclic) bond motifs is 1. The van der Waals surface area contributed by atoms with Crippen LogP contribution in [0.5, 0.6) is 0 Å². The molecular formula is C23H31NO4S. The van der Waals surface area contributed by atoms with Crippen molar-refractivity contribution < 1.29 is 19.1 Å². The van der Waals surface area contributed by atoms with Gasteiger partial charge in [0, 0.05) is 36.6 Å². The highest BCUT2D eigenvalue weighted by Gasteiger charge is 2.35. The second-order valence-electron chi connectivity index (χ2n) is 8.07. The molecule has 2 aliphatic heterocycles. The minimum Gasteiger partial charge on any atom is -0.455 e. The predicted octanol–water partition coefficient (Wildman–Crippen LogP) is 5.04. The molecule has 0 N–H and O–H groups in total. The van der Waals surface area contributed by atoms with Crippen LogP contribution in [0, 0.1) is 12.8 Å². The van der Waals surface area contributed by atoms with Gasteiger partial charge in [-0.1, -0.05) is 25.3 Å². The number of carbonyl (C=O) groups is 2. The molecule has 3 unspecified atom stereocenters. The standard InChI is InChI=1S/C23H31NO4S/c1-16(12-19-15-29-17(2)24-19)21-13-22-18(14-27-22)8-5-3-4-6-9-20(25)10-7-11-23(26)28-21/h7,11-12,15,18,21-22H,3-6,8-10,13-14H2,1-2H3/b11-7+,16-12?. The van der Waals surface area contributed by atoms with E-state index < -0.39 is 5.97 Å². The molecule has 29 heavy (non-hydrogen) atoms. The van der Waals surface area contributed by atoms with Crippen LogP contribution in [0.1, 0.15) is 69.0 Å². The van der Waals surface area contributed by atoms with Gasteiger partial charge in [0.15, 0.2) is 0 Å². The average molecular weight is 418 g/mol. The maximum absolute atomic E-state index is 12.4. The first-order valence-corrected chi connectivity index (χ1v) is 11.5. The number of ether oxygens (including phenoxy) is 2. The summed E-state index contributed by atoms with van der Waals surface area (Å²) in [6.07, 6.45) is 11.8. The van der Waals surface area contributed by atoms with E-state index in [1.165, 1.54) is 6.08 Å². The second-order valence-corrected chi connectivity index (χ2v) is 9.13. The van der Waals surface area contributed by atoms with Crippen LogP contribution in [0.25, 0.3) is 6.08 Å². The van der Waals surface area contributed by atoms with Crippen LogP contribution in [-0.2, 0) is 19.1 Å². The van der Waals surface area contributed by atoms with E-state index in [1.54, 1.807) is 17.4 Å². The molecule has 0 amide bonds. The van der Waals surface area contributed by atoms with E-state index in [2.05, 4.69) is 4.98 Å². The molecule has 2 aliphatic rings. The molecule has 3 heterocycles. The number of allylic oxidation sites excluding steroid dienone is 1. The molecule has 0 bridgehead atoms. The number of hydrogen-bond acceptors (Lipinski definition) is 6. The Hall–Kier alpha value is -1.79. The smallest absolute Gasteiger partial charge is 0.331 e. The molecule has 0 spiro atoms. The fourth-order valence-electron chi connectivity index (χ4n) is 3.86. The monoisotopic (exact) mass is 417 g/mol. The van der Waals surface area contributed by atoms with E-state index in [9.17, 15) is 9.59 Å². The average Bonchev–Trinajstić information content (AvgIpc) is 3.07. The van der Waals surface area contributed by atoms with Gasteiger partial charge in [0.1, 0.15) is 11.9 Å². The highest BCUT2D eigenvalue weighted by atomic mass is 32.1. The molecule has 0 radical (unpaired) electrons. The van der Waals surface area contributed by atoms with Crippen LogP contribution in [-0.4, -0.2) is 35.6 Å². The van der Waals surface area contributed by atoms with Gasteiger partial charge in [0.2, 0.25) is 0 Å². The summed E-state index contributed by atoms with van der Waals surface area (Å²) < 4.78 is 11.6. The topological polar surface area (TPSA) is 65.5 Å². The first-order chi connectivity index (χ1) is 14.0. The summed E-state index contributed by atoms with van der Waals surface area (Å²) in [7, 11) is 0. The van der Waals surface area contributed by atoms with E-state index in [0.717, 1.165) is 55.0 Å². The number of nitrogens with zero attached hydrogens (tertiary/aromatic N) is 1. The van der Waals surface area contributed by atoms with Crippen LogP contribution in [0.3, 0.4) is 0 Å². The SMILES string of the molecule is CC(=Cc1csc(C)n1)C1CC2OCC2CCCCCCC(=O)C/C=C/C(=O)O1. The highest BCUT2D eigenvalue weighted by molar-refractivity contribution is 7.09. The Bertz CT molecular complexity index is 767. The zero-order valence-electron chi connectivity index (χ0n) is 17.4. The third-order valence-corrected chi connectivity index (χ3v) is 6.45. The predicted molar refractivity (Wildman–Crippen MR) is 115 cm³/mol. The third kappa shape index (κ3) is 6.89. The molecule has 5 nitrogen and oxygen atoms in total. The molecule has 3 atom stereocenters. The van der Waals surface area contributed by atoms with Crippen LogP contribution in [0.15, 0.2) is 23.1 Å². The number of aromatic nitrogens is 1. The maximum Gasteiger partial charge on any atom is 0.331 e. The summed E-state index contributed by atoms with van der Waals surface area (Å²) in [4.78, 5) is 28.8. The molecule has 3 rings (SSSR count). The van der Waals surface area contributed by atoms with E-state index in [0.29, 0.717) is 25.2 Å². The largest absolute Gasteiger partial charge is 0.455 e. The molecule has 0 aliphatic carbocycles. The van der Waals surface area contributed by atoms with Crippen molar-refractivity contribution in [1.82, 2.24) is 4.98 Å². The van der Waals surface area contributed by atoms with Crippen molar-refractivity contribution in [1.29, 1.82) is 0 Å². The van der Waals surface area contributed by atoms with Gasteiger partial charge in [-0.25, -0.2) is 9.78 Å². The highest BCUT2D eigenvalue weighted by Crippen LogP contribution is 2.32. The zero-order valence-corrected chi connectivity index (χ0v) is 18.2. The minimum absolute atomic E-state index is 0.131. The number of rotatable bonds is 2. The zero-order chi connectivity index (χ0) is 20.6. The number of thiazole rings is 1. The fraction of sp³-hybridized carbons (Fsp3) is 0.609. The van der Waals surface area contributed by atoms with Crippen molar-refractivity contribution in [3.63, 3.8) is 0 Å². The number of hydrogen-bond donors (Lipinski definition) is 0. The number of ketones is 1. The number of esters is 1. The lowest BCUT2D eigenvalue weighted by Gasteiger charge is -2.39. The van der Waals surface area contributed by atoms with Gasteiger partial charge in [0.25, 0.3) is 0 Å². The summed E-state index contributed by atoms with van der Waals surface area (Å²) in [5.41, 5.74) is 1.85. The first-order valence-electron chi connectivity index (χ1n) is 10.6. The lowest BCUT2D eigenvalue weighted by molar-refractivity contribution is -0.153. The number of Topliss-reactive ketones (excluding diaryl/α,β-unsaturated/α-hetero) is 1. The molecule has 0 saturated carbocycles. The molecule has 1 saturated heterocycles. The van der Waals surface area contributed by atoms with Gasteiger partial charge in [-0.3, -0.25) is 4.79 Å². The van der Waals surface area contributed by atoms with Gasteiger partial charge in [-0.2, -0.15) is 0 Å². The summed E-state index contributed by atoms with van der Waals surface area (Å²) in [5, 5.41) is 3.01. The van der Waals surface area contributed by atoms with Gasteiger partial charge >= 0.3 is 5.97 Å². The van der Waals surface area contributed by atoms with Gasteiger partial charge in [-0.15, -0.1) is 11.3 Å². The van der Waals surface area contributed by atoms with Gasteiger partial charge in [-0.05, 0) is 38.3 Å². The fourth-order valence-corrected chi connectivity index (χ4v) is 4.43. The molecule has 1 aromatic heterocycles. The molecule has 6 heteroatoms. The Morgan fingerprint density at radius 2 is 2.07 bits per heavy atom. The minimum atomic E-state index is -0.409. The van der Waals surface area contributed by atoms with Gasteiger partial charge in [0.05, 0.1) is 23.4 Å². The molecule has 0 aromatic carbocycles. The van der Waals surface area contributed by atoms with Crippen LogP contribution in [0.2, 0.25) is 0 Å². The van der Waals surface area contributed by atoms with E-state index in [-0.39, 0.29) is 18.0 Å². The number of aryl methyl sites for hydroxylation is 1. The van der Waals surface area contributed by atoms with E-state index >= 15 is 0 Å². The normalized spacial score (nSPS) is 28.9. The Morgan fingerprint density at radius 3 is 2.79 bits per heavy atom. The van der Waals surface area contributed by atoms with Crippen molar-refractivity contribution in [2.24, 2.45) is 5.92 Å². The quantitative estimate of drug-likeness (QED) is 0.631. The summed E-state index contributed by atoms with van der Waals surface area (Å²) in [6.45, 7) is 4.74. The molecule has 1 fully saturated rings. The van der Waals surface area contributed by atoms with Crippen molar-refractivity contribution in [2.45, 2.75) is 77.4 Å². The number of carbonyl (C=O) groups excluding carboxylic acids is 2. The molecule has 1 aromatic rings. The van der Waals surface area contributed by atoms with Crippen LogP contribution < -0.4 is 0 Å². The van der Waals surface area contributed by atoms with Crippen molar-refractivity contribution >= 4 is 29.2 Å². The van der Waals surface area contributed by atoms with Crippen molar-refractivity contribution in [3.8, 4) is 0 Å². The lowest BCUT2D eigenvalue weighted by atomic mass is 9.86. The summed E-state index contributed by atoms with van der Waals surface area (Å²) >= 11 is 1.60. The Morgan fingerprint density at radius 1 is 1.24 bits per heavy atom. The summed E-state index contributed by atoms with van der Waals surface area (Å²) in [5.74, 6) is 0.295. The molecule has 158 valence electrons. The Kier molecular flexibility index (Phi) is 8.19. The van der Waals surface area contributed by atoms with Crippen LogP contribution >= 0.6 is 11.3 Å². The van der Waals surface area contributed by atoms with Crippen molar-refractivity contribution in [3.05, 3.63) is 33.8 Å². The van der Waals surface area contributed by atoms with E-state index in [4.69, 9.17) is 9.47 Å². The summed E-state index contributed by atoms with van der Waals surface area (Å²) in [6, 6.07) is 0. The lowest BCUT2D eigenvalue weighted by Crippen LogP contribution is -2.42. The van der Waals surface area contributed by atoms with E-state index in [1.807, 2.05) is 25.3 Å². The number of cyclic esters (lactones) is 1. The molecular weight excluding hydrogens is 386 g/mol. The second kappa shape index (κ2) is 10.8. The van der Waals surface area contributed by atoms with Gasteiger partial charge < -0.3 is 9.47 Å². The Labute approximate surface area is 177 Å².